The zero-order valence-electron chi connectivity index (χ0n) is 18.8. The molecule has 1 aliphatic heterocycles. The molecule has 0 aromatic carbocycles. The highest BCUT2D eigenvalue weighted by atomic mass is 16.4. The number of aryl methyl sites for hydroxylation is 2. The van der Waals surface area contributed by atoms with Crippen molar-refractivity contribution in [3.8, 4) is 0 Å². The van der Waals surface area contributed by atoms with E-state index in [1.54, 1.807) is 0 Å². The molecular weight excluding hydrogens is 362 g/mol. The molecule has 0 atom stereocenters. The van der Waals surface area contributed by atoms with Crippen LogP contribution in [0.4, 0.5) is 0 Å². The van der Waals surface area contributed by atoms with Gasteiger partial charge in [-0.2, -0.15) is 0 Å². The molecule has 1 saturated carbocycles. The number of nitrogens with zero attached hydrogens (tertiary/aromatic N) is 3. The van der Waals surface area contributed by atoms with Crippen LogP contribution in [0.2, 0.25) is 0 Å². The minimum absolute atomic E-state index is 0.674. The average molecular weight is 404 g/mol. The first-order valence-corrected chi connectivity index (χ1v) is 11.8. The highest BCUT2D eigenvalue weighted by molar-refractivity contribution is 5.79. The van der Waals surface area contributed by atoms with Crippen molar-refractivity contribution in [2.24, 2.45) is 16.8 Å². The molecule has 0 radical (unpaired) electrons. The van der Waals surface area contributed by atoms with Gasteiger partial charge in [0.05, 0.1) is 12.2 Å². The lowest BCUT2D eigenvalue weighted by Crippen LogP contribution is -2.39. The number of nitrogens with one attached hydrogen (secondary N) is 2. The summed E-state index contributed by atoms with van der Waals surface area (Å²) in [7, 11) is 0. The van der Waals surface area contributed by atoms with Crippen LogP contribution in [0.15, 0.2) is 9.41 Å². The summed E-state index contributed by atoms with van der Waals surface area (Å²) in [4.78, 5) is 11.8. The summed E-state index contributed by atoms with van der Waals surface area (Å²) < 4.78 is 5.74. The zero-order valence-corrected chi connectivity index (χ0v) is 18.8. The Morgan fingerprint density at radius 3 is 2.52 bits per heavy atom. The van der Waals surface area contributed by atoms with Gasteiger partial charge in [-0.15, -0.1) is 0 Å². The fourth-order valence-corrected chi connectivity index (χ4v) is 4.58. The largest absolute Gasteiger partial charge is 0.444 e. The highest BCUT2D eigenvalue weighted by Crippen LogP contribution is 2.28. The van der Waals surface area contributed by atoms with E-state index in [2.05, 4.69) is 27.4 Å². The van der Waals surface area contributed by atoms with Crippen molar-refractivity contribution in [1.82, 2.24) is 20.5 Å². The number of aromatic nitrogens is 1. The van der Waals surface area contributed by atoms with E-state index < -0.39 is 0 Å². The number of hydrogen-bond acceptors (Lipinski definition) is 4. The summed E-state index contributed by atoms with van der Waals surface area (Å²) >= 11 is 0. The number of hydrogen-bond donors (Lipinski definition) is 2. The first kappa shape index (κ1) is 22.1. The summed E-state index contributed by atoms with van der Waals surface area (Å²) in [5, 5.41) is 6.95. The summed E-state index contributed by atoms with van der Waals surface area (Å²) in [5.41, 5.74) is 1.01. The number of piperidine rings is 1. The van der Waals surface area contributed by atoms with Crippen molar-refractivity contribution in [2.45, 2.75) is 78.7 Å². The van der Waals surface area contributed by atoms with Crippen LogP contribution in [0.1, 0.15) is 75.6 Å². The van der Waals surface area contributed by atoms with Gasteiger partial charge in [-0.3, -0.25) is 9.89 Å². The van der Waals surface area contributed by atoms with Gasteiger partial charge >= 0.3 is 0 Å². The van der Waals surface area contributed by atoms with Crippen LogP contribution in [0.3, 0.4) is 0 Å². The highest BCUT2D eigenvalue weighted by Gasteiger charge is 2.21. The minimum Gasteiger partial charge on any atom is -0.444 e. The molecule has 0 unspecified atom stereocenters. The lowest BCUT2D eigenvalue weighted by atomic mass is 9.97. The van der Waals surface area contributed by atoms with Gasteiger partial charge in [0.25, 0.3) is 0 Å². The predicted octanol–water partition coefficient (Wildman–Crippen LogP) is 4.03. The second-order valence-electron chi connectivity index (χ2n) is 8.91. The van der Waals surface area contributed by atoms with Gasteiger partial charge in [0.1, 0.15) is 5.76 Å². The van der Waals surface area contributed by atoms with E-state index in [0.717, 1.165) is 68.5 Å². The Morgan fingerprint density at radius 2 is 1.86 bits per heavy atom. The second kappa shape index (κ2) is 11.6. The summed E-state index contributed by atoms with van der Waals surface area (Å²) in [6.07, 6.45) is 10.8. The molecule has 1 aromatic heterocycles. The van der Waals surface area contributed by atoms with Crippen LogP contribution < -0.4 is 10.6 Å². The molecule has 2 aliphatic rings. The molecule has 164 valence electrons. The maximum atomic E-state index is 5.74. The van der Waals surface area contributed by atoms with Crippen molar-refractivity contribution in [1.29, 1.82) is 0 Å². The van der Waals surface area contributed by atoms with E-state index in [1.807, 2.05) is 13.8 Å². The first-order valence-electron chi connectivity index (χ1n) is 11.8. The van der Waals surface area contributed by atoms with E-state index in [4.69, 9.17) is 9.41 Å². The van der Waals surface area contributed by atoms with E-state index in [9.17, 15) is 0 Å². The van der Waals surface area contributed by atoms with E-state index >= 15 is 0 Å². The Balaban J connectivity index is 1.34. The number of oxazole rings is 1. The minimum atomic E-state index is 0.674. The first-order chi connectivity index (χ1) is 14.1. The number of guanidine groups is 1. The molecule has 0 spiro atoms. The molecule has 1 aromatic rings. The van der Waals surface area contributed by atoms with Gasteiger partial charge in [0, 0.05) is 19.6 Å². The van der Waals surface area contributed by atoms with Gasteiger partial charge in [-0.05, 0) is 71.4 Å². The molecule has 2 heterocycles. The Morgan fingerprint density at radius 1 is 1.10 bits per heavy atom. The SMILES string of the molecule is CCNC(=NCC1CCN(Cc2nc(C)c(C)o2)CC1)NCCCC1CCCC1. The Labute approximate surface area is 176 Å². The van der Waals surface area contributed by atoms with Crippen molar-refractivity contribution >= 4 is 5.96 Å². The topological polar surface area (TPSA) is 65.7 Å². The van der Waals surface area contributed by atoms with E-state index in [-0.39, 0.29) is 0 Å². The lowest BCUT2D eigenvalue weighted by Gasteiger charge is -2.30. The monoisotopic (exact) mass is 403 g/mol. The Bertz CT molecular complexity index is 608. The molecule has 6 nitrogen and oxygen atoms in total. The molecule has 29 heavy (non-hydrogen) atoms. The standard InChI is InChI=1S/C23H41N5O/c1-4-24-23(25-13-7-10-20-8-5-6-9-20)26-16-21-11-14-28(15-12-21)17-22-27-18(2)19(3)29-22/h20-21H,4-17H2,1-3H3,(H2,24,25,26). The molecule has 1 aliphatic carbocycles. The number of likely N-dealkylation sites (tertiary alicyclic amines) is 1. The van der Waals surface area contributed by atoms with E-state index in [1.165, 1.54) is 51.4 Å². The third-order valence-electron chi connectivity index (χ3n) is 6.55. The fourth-order valence-electron chi connectivity index (χ4n) is 4.58. The summed E-state index contributed by atoms with van der Waals surface area (Å²) in [6, 6.07) is 0. The van der Waals surface area contributed by atoms with Gasteiger partial charge in [0.15, 0.2) is 5.96 Å². The summed E-state index contributed by atoms with van der Waals surface area (Å²) in [6.45, 7) is 12.0. The van der Waals surface area contributed by atoms with Crippen LogP contribution >= 0.6 is 0 Å². The van der Waals surface area contributed by atoms with Gasteiger partial charge in [-0.1, -0.05) is 25.7 Å². The molecule has 2 N–H and O–H groups in total. The Kier molecular flexibility index (Phi) is 8.84. The number of rotatable bonds is 9. The van der Waals surface area contributed by atoms with Crippen LogP contribution in [0, 0.1) is 25.7 Å². The van der Waals surface area contributed by atoms with Crippen LogP contribution in [0.25, 0.3) is 0 Å². The Hall–Kier alpha value is -1.56. The van der Waals surface area contributed by atoms with Crippen molar-refractivity contribution in [3.63, 3.8) is 0 Å². The molecule has 1 saturated heterocycles. The fraction of sp³-hybridized carbons (Fsp3) is 0.826. The maximum absolute atomic E-state index is 5.74. The van der Waals surface area contributed by atoms with Gasteiger partial charge < -0.3 is 15.1 Å². The van der Waals surface area contributed by atoms with E-state index in [0.29, 0.717) is 5.92 Å². The number of aliphatic imine (C=N–C) groups is 1. The van der Waals surface area contributed by atoms with Crippen LogP contribution in [-0.2, 0) is 6.54 Å². The van der Waals surface area contributed by atoms with Crippen LogP contribution in [0.5, 0.6) is 0 Å². The predicted molar refractivity (Wildman–Crippen MR) is 119 cm³/mol. The molecule has 3 rings (SSSR count). The van der Waals surface area contributed by atoms with Crippen molar-refractivity contribution in [2.75, 3.05) is 32.7 Å². The molecule has 0 amide bonds. The summed E-state index contributed by atoms with van der Waals surface area (Å²) in [5.74, 6) is 4.44. The zero-order chi connectivity index (χ0) is 20.5. The quantitative estimate of drug-likeness (QED) is 0.370. The van der Waals surface area contributed by atoms with Gasteiger partial charge in [-0.25, -0.2) is 4.98 Å². The maximum Gasteiger partial charge on any atom is 0.208 e. The third-order valence-corrected chi connectivity index (χ3v) is 6.55. The third kappa shape index (κ3) is 7.32. The molecule has 6 heteroatoms. The molecule has 0 bridgehead atoms. The molecular formula is C23H41N5O. The second-order valence-corrected chi connectivity index (χ2v) is 8.91. The van der Waals surface area contributed by atoms with Crippen molar-refractivity contribution < 1.29 is 4.42 Å². The van der Waals surface area contributed by atoms with Gasteiger partial charge in [0.2, 0.25) is 5.89 Å². The average Bonchev–Trinajstić information content (AvgIpc) is 3.34. The normalized spacial score (nSPS) is 19.8. The molecule has 2 fully saturated rings. The van der Waals surface area contributed by atoms with Crippen molar-refractivity contribution in [3.05, 3.63) is 17.3 Å². The van der Waals surface area contributed by atoms with Crippen LogP contribution in [-0.4, -0.2) is 48.6 Å². The smallest absolute Gasteiger partial charge is 0.208 e. The lowest BCUT2D eigenvalue weighted by molar-refractivity contribution is 0.166.